The molecule has 0 atom stereocenters. The van der Waals surface area contributed by atoms with E-state index in [-0.39, 0.29) is 12.4 Å². The SMILES string of the molecule is CN(CCCl)C(P(=O)(O)O)P(=O)(O)O. The molecule has 0 fully saturated rings. The van der Waals surface area contributed by atoms with E-state index in [0.717, 1.165) is 4.90 Å². The van der Waals surface area contributed by atoms with Crippen LogP contribution in [-0.4, -0.2) is 49.5 Å². The van der Waals surface area contributed by atoms with Crippen molar-refractivity contribution in [3.8, 4) is 0 Å². The van der Waals surface area contributed by atoms with Gasteiger partial charge in [-0.05, 0) is 7.05 Å². The first-order valence-corrected chi connectivity index (χ1v) is 7.37. The summed E-state index contributed by atoms with van der Waals surface area (Å²) >= 11 is 5.29. The molecular weight excluding hydrogens is 255 g/mol. The van der Waals surface area contributed by atoms with E-state index in [2.05, 4.69) is 0 Å². The van der Waals surface area contributed by atoms with E-state index in [1.54, 1.807) is 0 Å². The molecular formula is C4H12ClNO6P2. The molecule has 0 aromatic heterocycles. The molecule has 86 valence electrons. The Bertz CT molecular complexity index is 251. The van der Waals surface area contributed by atoms with E-state index in [9.17, 15) is 9.13 Å². The monoisotopic (exact) mass is 267 g/mol. The average Bonchev–Trinajstić information content (AvgIpc) is 1.78. The first kappa shape index (κ1) is 14.6. The summed E-state index contributed by atoms with van der Waals surface area (Å²) in [5.41, 5.74) is -2.12. The van der Waals surface area contributed by atoms with Gasteiger partial charge in [0.2, 0.25) is 5.52 Å². The van der Waals surface area contributed by atoms with Crippen molar-refractivity contribution in [2.45, 2.75) is 5.52 Å². The van der Waals surface area contributed by atoms with Gasteiger partial charge in [-0.1, -0.05) is 0 Å². The van der Waals surface area contributed by atoms with Gasteiger partial charge in [-0.25, -0.2) is 0 Å². The summed E-state index contributed by atoms with van der Waals surface area (Å²) in [6, 6.07) is 0. The largest absolute Gasteiger partial charge is 0.354 e. The van der Waals surface area contributed by atoms with E-state index >= 15 is 0 Å². The topological polar surface area (TPSA) is 118 Å². The van der Waals surface area contributed by atoms with E-state index in [0.29, 0.717) is 0 Å². The van der Waals surface area contributed by atoms with Gasteiger partial charge in [-0.15, -0.1) is 11.6 Å². The van der Waals surface area contributed by atoms with Gasteiger partial charge in [0.1, 0.15) is 0 Å². The fraction of sp³-hybridized carbons (Fsp3) is 1.00. The number of alkyl halides is 1. The Balaban J connectivity index is 4.94. The Morgan fingerprint density at radius 1 is 1.21 bits per heavy atom. The maximum absolute atomic E-state index is 10.8. The summed E-state index contributed by atoms with van der Waals surface area (Å²) in [5.74, 6) is 0.0208. The first-order chi connectivity index (χ1) is 6.10. The second kappa shape index (κ2) is 5.05. The molecule has 0 rings (SSSR count). The van der Waals surface area contributed by atoms with Gasteiger partial charge in [-0.2, -0.15) is 0 Å². The lowest BCUT2D eigenvalue weighted by atomic mass is 10.7. The van der Waals surface area contributed by atoms with Crippen molar-refractivity contribution in [3.05, 3.63) is 0 Å². The summed E-state index contributed by atoms with van der Waals surface area (Å²) in [7, 11) is -8.57. The third kappa shape index (κ3) is 4.38. The third-order valence-electron chi connectivity index (χ3n) is 1.43. The predicted octanol–water partition coefficient (Wildman–Crippen LogP) is -0.204. The molecule has 0 aliphatic carbocycles. The lowest BCUT2D eigenvalue weighted by molar-refractivity contribution is 0.263. The van der Waals surface area contributed by atoms with Crippen molar-refractivity contribution in [1.82, 2.24) is 4.90 Å². The first-order valence-electron chi connectivity index (χ1n) is 3.47. The van der Waals surface area contributed by atoms with E-state index in [1.807, 2.05) is 0 Å². The highest BCUT2D eigenvalue weighted by Crippen LogP contribution is 2.60. The van der Waals surface area contributed by atoms with Gasteiger partial charge < -0.3 is 19.6 Å². The molecule has 4 N–H and O–H groups in total. The fourth-order valence-corrected chi connectivity index (χ4v) is 4.05. The molecule has 0 unspecified atom stereocenters. The standard InChI is InChI=1S/C4H12ClNO6P2/c1-6(3-2-5)4(13(7,8)9)14(10,11)12/h4H,2-3H2,1H3,(H2,7,8,9)(H2,10,11,12). The highest BCUT2D eigenvalue weighted by atomic mass is 35.5. The Kier molecular flexibility index (Phi) is 5.25. The lowest BCUT2D eigenvalue weighted by Crippen LogP contribution is -2.33. The van der Waals surface area contributed by atoms with Crippen LogP contribution in [0.2, 0.25) is 0 Å². The van der Waals surface area contributed by atoms with Crippen molar-refractivity contribution in [2.24, 2.45) is 0 Å². The molecule has 0 aromatic carbocycles. The molecule has 0 amide bonds. The highest BCUT2D eigenvalue weighted by molar-refractivity contribution is 7.70. The second-order valence-corrected chi connectivity index (χ2v) is 6.81. The minimum absolute atomic E-state index is 0.0208. The molecule has 0 spiro atoms. The van der Waals surface area contributed by atoms with Crippen molar-refractivity contribution in [2.75, 3.05) is 19.5 Å². The van der Waals surface area contributed by atoms with Crippen LogP contribution in [0.25, 0.3) is 0 Å². The summed E-state index contributed by atoms with van der Waals surface area (Å²) < 4.78 is 21.6. The second-order valence-electron chi connectivity index (χ2n) is 2.69. The van der Waals surface area contributed by atoms with Crippen molar-refractivity contribution in [3.63, 3.8) is 0 Å². The number of hydrogen-bond donors (Lipinski definition) is 4. The quantitative estimate of drug-likeness (QED) is 0.402. The average molecular weight is 268 g/mol. The fourth-order valence-electron chi connectivity index (χ4n) is 0.958. The molecule has 0 bridgehead atoms. The van der Waals surface area contributed by atoms with Crippen LogP contribution in [0.15, 0.2) is 0 Å². The zero-order valence-corrected chi connectivity index (χ0v) is 9.86. The van der Waals surface area contributed by atoms with E-state index in [1.165, 1.54) is 7.05 Å². The van der Waals surface area contributed by atoms with Crippen LogP contribution in [0.3, 0.4) is 0 Å². The zero-order chi connectivity index (χ0) is 11.6. The molecule has 14 heavy (non-hydrogen) atoms. The van der Waals surface area contributed by atoms with Gasteiger partial charge in [-0.3, -0.25) is 14.0 Å². The minimum atomic E-state index is -4.88. The third-order valence-corrected chi connectivity index (χ3v) is 5.40. The van der Waals surface area contributed by atoms with Crippen molar-refractivity contribution in [1.29, 1.82) is 0 Å². The molecule has 0 aliphatic rings. The van der Waals surface area contributed by atoms with Crippen molar-refractivity contribution < 1.29 is 28.7 Å². The molecule has 0 aliphatic heterocycles. The molecule has 0 radical (unpaired) electrons. The Labute approximate surface area is 86.0 Å². The van der Waals surface area contributed by atoms with Crippen LogP contribution in [-0.2, 0) is 9.13 Å². The Morgan fingerprint density at radius 3 is 1.79 bits per heavy atom. The van der Waals surface area contributed by atoms with Crippen LogP contribution in [0, 0.1) is 0 Å². The van der Waals surface area contributed by atoms with Crippen molar-refractivity contribution >= 4 is 26.8 Å². The van der Waals surface area contributed by atoms with E-state index < -0.39 is 20.7 Å². The van der Waals surface area contributed by atoms with Gasteiger partial charge >= 0.3 is 15.2 Å². The van der Waals surface area contributed by atoms with Gasteiger partial charge in [0, 0.05) is 12.4 Å². The highest BCUT2D eigenvalue weighted by Gasteiger charge is 2.46. The zero-order valence-electron chi connectivity index (χ0n) is 7.32. The van der Waals surface area contributed by atoms with Crippen LogP contribution in [0.4, 0.5) is 0 Å². The number of nitrogens with zero attached hydrogens (tertiary/aromatic N) is 1. The Morgan fingerprint density at radius 2 is 1.57 bits per heavy atom. The maximum Gasteiger partial charge on any atom is 0.354 e. The minimum Gasteiger partial charge on any atom is -0.323 e. The van der Waals surface area contributed by atoms with Crippen LogP contribution in [0.1, 0.15) is 0 Å². The Hall–Kier alpha value is 0.550. The maximum atomic E-state index is 10.8. The van der Waals surface area contributed by atoms with E-state index in [4.69, 9.17) is 31.2 Å². The number of hydrogen-bond acceptors (Lipinski definition) is 3. The summed E-state index contributed by atoms with van der Waals surface area (Å²) in [6.45, 7) is -0.0254. The predicted molar refractivity (Wildman–Crippen MR) is 51.2 cm³/mol. The summed E-state index contributed by atoms with van der Waals surface area (Å²) in [6.07, 6.45) is 0. The molecule has 0 saturated heterocycles. The van der Waals surface area contributed by atoms with Crippen LogP contribution in [0.5, 0.6) is 0 Å². The molecule has 0 saturated carbocycles. The normalized spacial score (nSPS) is 14.0. The smallest absolute Gasteiger partial charge is 0.323 e. The van der Waals surface area contributed by atoms with Crippen LogP contribution >= 0.6 is 26.8 Å². The summed E-state index contributed by atoms with van der Waals surface area (Å²) in [4.78, 5) is 35.8. The van der Waals surface area contributed by atoms with Crippen LogP contribution < -0.4 is 0 Å². The van der Waals surface area contributed by atoms with Gasteiger partial charge in [0.15, 0.2) is 0 Å². The lowest BCUT2D eigenvalue weighted by Gasteiger charge is -2.27. The molecule has 0 heterocycles. The number of halogens is 1. The van der Waals surface area contributed by atoms with Gasteiger partial charge in [0.25, 0.3) is 0 Å². The number of rotatable bonds is 5. The molecule has 7 nitrogen and oxygen atoms in total. The summed E-state index contributed by atoms with van der Waals surface area (Å²) in [5, 5.41) is 0. The molecule has 10 heteroatoms. The van der Waals surface area contributed by atoms with Gasteiger partial charge in [0.05, 0.1) is 0 Å². The molecule has 0 aromatic rings.